The monoisotopic (exact) mass is 281 g/mol. The van der Waals surface area contributed by atoms with Gasteiger partial charge in [-0.05, 0) is 37.6 Å². The zero-order valence-corrected chi connectivity index (χ0v) is 11.9. The number of methoxy groups -OCH3 is 1. The van der Waals surface area contributed by atoms with E-state index in [1.54, 1.807) is 0 Å². The molecule has 2 heterocycles. The Morgan fingerprint density at radius 2 is 2.15 bits per heavy atom. The van der Waals surface area contributed by atoms with E-state index in [4.69, 9.17) is 0 Å². The molecule has 4 unspecified atom stereocenters. The van der Waals surface area contributed by atoms with E-state index in [2.05, 4.69) is 15.4 Å². The fraction of sp³-hybridized carbons (Fsp3) is 0.857. The molecule has 0 aromatic carbocycles. The van der Waals surface area contributed by atoms with Crippen LogP contribution in [0.3, 0.4) is 0 Å². The molecule has 2 saturated heterocycles. The molecule has 0 radical (unpaired) electrons. The van der Waals surface area contributed by atoms with Crippen LogP contribution in [-0.2, 0) is 9.53 Å². The topological polar surface area (TPSA) is 70.7 Å². The van der Waals surface area contributed by atoms with E-state index in [1.807, 2.05) is 4.90 Å². The van der Waals surface area contributed by atoms with Gasteiger partial charge in [-0.3, -0.25) is 4.79 Å². The first kappa shape index (κ1) is 13.7. The van der Waals surface area contributed by atoms with Crippen LogP contribution in [0.25, 0.3) is 0 Å². The molecule has 1 saturated carbocycles. The lowest BCUT2D eigenvalue weighted by Crippen LogP contribution is -2.46. The van der Waals surface area contributed by atoms with Crippen molar-refractivity contribution in [3.63, 3.8) is 0 Å². The minimum absolute atomic E-state index is 0.000577. The van der Waals surface area contributed by atoms with Gasteiger partial charge in [-0.25, -0.2) is 4.79 Å². The molecular weight excluding hydrogens is 258 g/mol. The van der Waals surface area contributed by atoms with Gasteiger partial charge >= 0.3 is 6.09 Å². The molecule has 0 spiro atoms. The van der Waals surface area contributed by atoms with Gasteiger partial charge in [-0.1, -0.05) is 6.42 Å². The second-order valence-electron chi connectivity index (χ2n) is 6.15. The molecule has 2 aliphatic heterocycles. The van der Waals surface area contributed by atoms with E-state index >= 15 is 0 Å². The first-order valence-electron chi connectivity index (χ1n) is 7.55. The van der Waals surface area contributed by atoms with Crippen LogP contribution >= 0.6 is 0 Å². The summed E-state index contributed by atoms with van der Waals surface area (Å²) in [5.41, 5.74) is 0. The van der Waals surface area contributed by atoms with E-state index in [0.29, 0.717) is 18.4 Å². The quantitative estimate of drug-likeness (QED) is 0.765. The Balaban J connectivity index is 1.55. The summed E-state index contributed by atoms with van der Waals surface area (Å²) in [7, 11) is 1.36. The third-order valence-corrected chi connectivity index (χ3v) is 5.02. The Bertz CT molecular complexity index is 401. The maximum Gasteiger partial charge on any atom is 0.407 e. The van der Waals surface area contributed by atoms with Crippen molar-refractivity contribution < 1.29 is 14.3 Å². The van der Waals surface area contributed by atoms with Crippen molar-refractivity contribution in [3.8, 4) is 0 Å². The predicted octanol–water partition coefficient (Wildman–Crippen LogP) is 0.331. The second-order valence-corrected chi connectivity index (χ2v) is 6.15. The van der Waals surface area contributed by atoms with Crippen molar-refractivity contribution in [1.82, 2.24) is 15.5 Å². The number of rotatable bonds is 2. The maximum absolute atomic E-state index is 12.6. The van der Waals surface area contributed by atoms with Crippen molar-refractivity contribution in [2.24, 2.45) is 11.8 Å². The summed E-state index contributed by atoms with van der Waals surface area (Å²) >= 11 is 0. The zero-order valence-electron chi connectivity index (χ0n) is 11.9. The summed E-state index contributed by atoms with van der Waals surface area (Å²) in [6.45, 7) is 2.31. The van der Waals surface area contributed by atoms with Crippen LogP contribution in [-0.4, -0.2) is 55.7 Å². The lowest BCUT2D eigenvalue weighted by molar-refractivity contribution is -0.133. The van der Waals surface area contributed by atoms with Gasteiger partial charge in [0.1, 0.15) is 0 Å². The molecule has 3 fully saturated rings. The van der Waals surface area contributed by atoms with Crippen molar-refractivity contribution in [3.05, 3.63) is 0 Å². The molecule has 3 rings (SSSR count). The van der Waals surface area contributed by atoms with Gasteiger partial charge in [-0.15, -0.1) is 0 Å². The average molecular weight is 281 g/mol. The van der Waals surface area contributed by atoms with Gasteiger partial charge in [0.25, 0.3) is 0 Å². The van der Waals surface area contributed by atoms with E-state index in [9.17, 15) is 9.59 Å². The summed E-state index contributed by atoms with van der Waals surface area (Å²) in [5.74, 6) is 1.43. The number of alkyl carbamates (subject to hydrolysis) is 1. The summed E-state index contributed by atoms with van der Waals surface area (Å²) in [5, 5.41) is 6.17. The molecule has 3 aliphatic rings. The number of carbonyl (C=O) groups is 2. The van der Waals surface area contributed by atoms with Crippen molar-refractivity contribution in [2.75, 3.05) is 26.7 Å². The Labute approximate surface area is 119 Å². The summed E-state index contributed by atoms with van der Waals surface area (Å²) in [4.78, 5) is 25.7. The highest BCUT2D eigenvalue weighted by Crippen LogP contribution is 2.38. The fourth-order valence-corrected chi connectivity index (χ4v) is 3.96. The molecular formula is C14H23N3O3. The van der Waals surface area contributed by atoms with Crippen LogP contribution in [0.4, 0.5) is 4.79 Å². The number of amides is 2. The number of carbonyl (C=O) groups excluding carboxylic acids is 2. The first-order chi connectivity index (χ1) is 9.69. The zero-order chi connectivity index (χ0) is 14.1. The lowest BCUT2D eigenvalue weighted by atomic mass is 9.93. The molecule has 1 aliphatic carbocycles. The van der Waals surface area contributed by atoms with E-state index < -0.39 is 6.09 Å². The third kappa shape index (κ3) is 2.49. The van der Waals surface area contributed by atoms with Crippen molar-refractivity contribution in [2.45, 2.75) is 37.8 Å². The highest BCUT2D eigenvalue weighted by Gasteiger charge is 2.44. The molecule has 6 heteroatoms. The lowest BCUT2D eigenvalue weighted by Gasteiger charge is -2.24. The van der Waals surface area contributed by atoms with Gasteiger partial charge in [0.15, 0.2) is 0 Å². The van der Waals surface area contributed by atoms with Crippen LogP contribution in [0.15, 0.2) is 0 Å². The minimum Gasteiger partial charge on any atom is -0.453 e. The Morgan fingerprint density at radius 1 is 1.30 bits per heavy atom. The predicted molar refractivity (Wildman–Crippen MR) is 73.1 cm³/mol. The molecule has 0 bridgehead atoms. The van der Waals surface area contributed by atoms with Crippen LogP contribution in [0, 0.1) is 11.8 Å². The average Bonchev–Trinajstić information content (AvgIpc) is 3.13. The normalized spacial score (nSPS) is 36.0. The van der Waals surface area contributed by atoms with Gasteiger partial charge < -0.3 is 20.3 Å². The summed E-state index contributed by atoms with van der Waals surface area (Å²) in [6.07, 6.45) is 4.08. The van der Waals surface area contributed by atoms with Gasteiger partial charge in [-0.2, -0.15) is 0 Å². The fourth-order valence-electron chi connectivity index (χ4n) is 3.96. The second kappa shape index (κ2) is 5.60. The largest absolute Gasteiger partial charge is 0.453 e. The van der Waals surface area contributed by atoms with E-state index in [1.165, 1.54) is 26.4 Å². The molecule has 6 nitrogen and oxygen atoms in total. The molecule has 2 N–H and O–H groups in total. The smallest absolute Gasteiger partial charge is 0.407 e. The Morgan fingerprint density at radius 3 is 2.95 bits per heavy atom. The molecule has 4 atom stereocenters. The number of nitrogens with one attached hydrogen (secondary N) is 2. The molecule has 112 valence electrons. The van der Waals surface area contributed by atoms with Crippen LogP contribution in [0.1, 0.15) is 25.7 Å². The van der Waals surface area contributed by atoms with E-state index in [-0.39, 0.29) is 18.0 Å². The minimum atomic E-state index is -0.417. The standard InChI is InChI=1S/C14H23N3O3/c1-20-14(19)16-10-5-6-17(8-10)13(18)12-11-4-2-3-9(11)7-15-12/h9-12,15H,2-8H2,1H3,(H,16,19). The van der Waals surface area contributed by atoms with Crippen molar-refractivity contribution in [1.29, 1.82) is 0 Å². The summed E-state index contributed by atoms with van der Waals surface area (Å²) < 4.78 is 4.60. The number of nitrogens with zero attached hydrogens (tertiary/aromatic N) is 1. The number of fused-ring (bicyclic) bond motifs is 1. The first-order valence-corrected chi connectivity index (χ1v) is 7.55. The highest BCUT2D eigenvalue weighted by molar-refractivity contribution is 5.83. The highest BCUT2D eigenvalue weighted by atomic mass is 16.5. The van der Waals surface area contributed by atoms with Crippen LogP contribution < -0.4 is 10.6 Å². The molecule has 20 heavy (non-hydrogen) atoms. The number of hydrogen-bond donors (Lipinski definition) is 2. The van der Waals surface area contributed by atoms with Gasteiger partial charge in [0.2, 0.25) is 5.91 Å². The molecule has 2 amide bonds. The summed E-state index contributed by atoms with van der Waals surface area (Å²) in [6, 6.07) is 0.0200. The van der Waals surface area contributed by atoms with Crippen LogP contribution in [0.2, 0.25) is 0 Å². The number of likely N-dealkylation sites (tertiary alicyclic amines) is 1. The van der Waals surface area contributed by atoms with Crippen LogP contribution in [0.5, 0.6) is 0 Å². The number of ether oxygens (including phenoxy) is 1. The maximum atomic E-state index is 12.6. The molecule has 0 aromatic heterocycles. The number of hydrogen-bond acceptors (Lipinski definition) is 4. The third-order valence-electron chi connectivity index (χ3n) is 5.02. The van der Waals surface area contributed by atoms with Gasteiger partial charge in [0, 0.05) is 13.1 Å². The SMILES string of the molecule is COC(=O)NC1CCN(C(=O)C2NCC3CCCC32)C1. The Kier molecular flexibility index (Phi) is 3.83. The van der Waals surface area contributed by atoms with E-state index in [0.717, 1.165) is 19.5 Å². The molecule has 0 aromatic rings. The Hall–Kier alpha value is -1.30. The van der Waals surface area contributed by atoms with Gasteiger partial charge in [0.05, 0.1) is 19.2 Å². The van der Waals surface area contributed by atoms with Crippen molar-refractivity contribution >= 4 is 12.0 Å².